The number of anilines is 6. The third kappa shape index (κ3) is 7.81. The van der Waals surface area contributed by atoms with Crippen molar-refractivity contribution in [3.63, 3.8) is 0 Å². The summed E-state index contributed by atoms with van der Waals surface area (Å²) in [7, 11) is 3.39. The summed E-state index contributed by atoms with van der Waals surface area (Å²) in [5, 5.41) is 16.6. The van der Waals surface area contributed by atoms with E-state index in [9.17, 15) is 32.3 Å². The first-order chi connectivity index (χ1) is 35.2. The average molecular weight is 993 g/mol. The fraction of sp³-hybridized carbons (Fsp3) is 0.321. The van der Waals surface area contributed by atoms with Gasteiger partial charge in [0.05, 0.1) is 36.3 Å². The molecule has 2 aliphatic carbocycles. The van der Waals surface area contributed by atoms with Crippen LogP contribution in [0.3, 0.4) is 0 Å². The van der Waals surface area contributed by atoms with Gasteiger partial charge in [-0.25, -0.2) is 23.7 Å². The van der Waals surface area contributed by atoms with Gasteiger partial charge in [0.1, 0.15) is 28.6 Å². The monoisotopic (exact) mass is 992 g/mol. The lowest BCUT2D eigenvalue weighted by Crippen LogP contribution is -2.52. The highest BCUT2D eigenvalue weighted by Crippen LogP contribution is 2.47. The molecule has 0 saturated heterocycles. The van der Waals surface area contributed by atoms with Gasteiger partial charge in [0, 0.05) is 44.0 Å². The van der Waals surface area contributed by atoms with Crippen LogP contribution in [0.1, 0.15) is 91.1 Å². The van der Waals surface area contributed by atoms with Crippen LogP contribution in [0.4, 0.5) is 52.2 Å². The van der Waals surface area contributed by atoms with E-state index in [0.29, 0.717) is 72.0 Å². The molecule has 4 aromatic carbocycles. The summed E-state index contributed by atoms with van der Waals surface area (Å²) in [6.45, 7) is 0.297. The van der Waals surface area contributed by atoms with Crippen LogP contribution in [0.2, 0.25) is 0 Å². The number of fused-ring (bicyclic) bond motifs is 10. The zero-order valence-corrected chi connectivity index (χ0v) is 39.7. The number of para-hydroxylation sites is 2. The van der Waals surface area contributed by atoms with Gasteiger partial charge in [0.25, 0.3) is 17.6 Å². The number of nitrogens with zero attached hydrogens (tertiary/aromatic N) is 10. The van der Waals surface area contributed by atoms with E-state index in [2.05, 4.69) is 15.5 Å². The van der Waals surface area contributed by atoms with Crippen LogP contribution in [0, 0.1) is 11.7 Å². The van der Waals surface area contributed by atoms with E-state index in [1.807, 2.05) is 82.4 Å². The Morgan fingerprint density at radius 3 is 2.08 bits per heavy atom. The minimum atomic E-state index is -5.25. The number of ketones is 2. The Morgan fingerprint density at radius 2 is 1.38 bits per heavy atom. The Morgan fingerprint density at radius 1 is 0.712 bits per heavy atom. The van der Waals surface area contributed by atoms with E-state index >= 15 is 4.39 Å². The van der Waals surface area contributed by atoms with Crippen molar-refractivity contribution in [3.8, 4) is 0 Å². The van der Waals surface area contributed by atoms with Gasteiger partial charge >= 0.3 is 6.18 Å². The predicted molar refractivity (Wildman–Crippen MR) is 265 cm³/mol. The van der Waals surface area contributed by atoms with Crippen molar-refractivity contribution in [2.24, 2.45) is 15.9 Å². The summed E-state index contributed by atoms with van der Waals surface area (Å²) >= 11 is 0. The first-order valence-corrected chi connectivity index (χ1v) is 24.4. The molecule has 4 aliphatic heterocycles. The number of aryl methyl sites for hydroxylation is 2. The molecule has 6 aliphatic rings. The van der Waals surface area contributed by atoms with Crippen LogP contribution < -0.4 is 20.4 Å². The quantitative estimate of drug-likeness (QED) is 0.0846. The van der Waals surface area contributed by atoms with E-state index in [4.69, 9.17) is 20.2 Å². The number of rotatable bonds is 13. The van der Waals surface area contributed by atoms with Gasteiger partial charge in [-0.3, -0.25) is 38.8 Å². The topological polar surface area (TPSA) is 166 Å². The lowest BCUT2D eigenvalue weighted by molar-refractivity contribution is -0.0887. The van der Waals surface area contributed by atoms with Crippen molar-refractivity contribution in [2.75, 3.05) is 34.5 Å². The molecule has 2 saturated carbocycles. The zero-order valence-electron chi connectivity index (χ0n) is 39.7. The second-order valence-corrected chi connectivity index (χ2v) is 19.5. The number of carbonyl (C=O) groups excluding carboxylic acids is 4. The van der Waals surface area contributed by atoms with Crippen LogP contribution in [-0.4, -0.2) is 109 Å². The molecular formula is C53H48F4N12O4. The summed E-state index contributed by atoms with van der Waals surface area (Å²) in [6, 6.07) is 28.9. The number of alkyl halides is 3. The Hall–Kier alpha value is -8.16. The molecule has 372 valence electrons. The van der Waals surface area contributed by atoms with Gasteiger partial charge in [-0.15, -0.1) is 0 Å². The lowest BCUT2D eigenvalue weighted by atomic mass is 9.93. The Labute approximate surface area is 416 Å². The van der Waals surface area contributed by atoms with Gasteiger partial charge in [-0.05, 0) is 92.0 Å². The average Bonchev–Trinajstić information content (AvgIpc) is 4.25. The summed E-state index contributed by atoms with van der Waals surface area (Å²) in [5.74, 6) is -1.57. The third-order valence-electron chi connectivity index (χ3n) is 15.0. The Bertz CT molecular complexity index is 3300. The highest BCUT2D eigenvalue weighted by atomic mass is 19.4. The molecule has 6 heterocycles. The van der Waals surface area contributed by atoms with E-state index in [0.717, 1.165) is 42.6 Å². The van der Waals surface area contributed by atoms with E-state index < -0.39 is 29.2 Å². The molecule has 0 radical (unpaired) electrons. The van der Waals surface area contributed by atoms with Crippen molar-refractivity contribution >= 4 is 69.9 Å². The number of halogens is 4. The molecule has 2 aromatic heterocycles. The number of amides is 2. The molecule has 1 unspecified atom stereocenters. The standard InChI is InChI=1S/C53H48F4N12O4/c1-64-49(72)41-45(58-33-10-5-3-6-11-33)62-67(28-30-18-22-35(36(54)26-30)44(71)53(55,56)57)48(41)69-39-23-21-32(43(39)61-52(64)69)27-40(70)31-19-16-29(17-20-31)24-25-66-46(59-34-12-7-4-8-13-34)42-47(63-66)68-38-15-9-14-37(38)60-51(68)65(2)50(42)73/h3-8,10-13,16-20,22,26,32,37-39,43,59H,9,14-15,21,23-25,27-28H2,1-2H3,(H,58,62)/t32?,37-,38+,39+,43-/m1/s1. The first-order valence-electron chi connectivity index (χ1n) is 24.4. The highest BCUT2D eigenvalue weighted by Gasteiger charge is 2.53. The summed E-state index contributed by atoms with van der Waals surface area (Å²) in [6.07, 6.45) is -0.165. The zero-order chi connectivity index (χ0) is 50.4. The lowest BCUT2D eigenvalue weighted by Gasteiger charge is -2.35. The summed E-state index contributed by atoms with van der Waals surface area (Å²) < 4.78 is 58.2. The van der Waals surface area contributed by atoms with Gasteiger partial charge < -0.3 is 10.6 Å². The molecule has 12 rings (SSSR count). The van der Waals surface area contributed by atoms with Crippen LogP contribution in [0.5, 0.6) is 0 Å². The van der Waals surface area contributed by atoms with E-state index in [-0.39, 0.29) is 71.7 Å². The number of aromatic nitrogens is 4. The molecular weight excluding hydrogens is 945 g/mol. The smallest absolute Gasteiger partial charge is 0.340 e. The van der Waals surface area contributed by atoms with Gasteiger partial charge in [-0.2, -0.15) is 23.4 Å². The van der Waals surface area contributed by atoms with Gasteiger partial charge in [-0.1, -0.05) is 66.7 Å². The van der Waals surface area contributed by atoms with E-state index in [1.54, 1.807) is 31.1 Å². The number of nitrogens with one attached hydrogen (secondary N) is 2. The molecule has 16 nitrogen and oxygen atoms in total. The molecule has 20 heteroatoms. The molecule has 2 amide bonds. The van der Waals surface area contributed by atoms with Gasteiger partial charge in [0.15, 0.2) is 17.4 Å². The number of benzene rings is 4. The van der Waals surface area contributed by atoms with Crippen LogP contribution in [0.15, 0.2) is 113 Å². The maximum absolute atomic E-state index is 15.2. The highest BCUT2D eigenvalue weighted by molar-refractivity contribution is 6.22. The summed E-state index contributed by atoms with van der Waals surface area (Å²) in [5.41, 5.74) is 2.85. The Kier molecular flexibility index (Phi) is 11.0. The molecule has 0 spiro atoms. The third-order valence-corrected chi connectivity index (χ3v) is 15.0. The predicted octanol–water partition coefficient (Wildman–Crippen LogP) is 8.61. The van der Waals surface area contributed by atoms with Crippen LogP contribution >= 0.6 is 0 Å². The molecule has 6 aromatic rings. The molecule has 0 bridgehead atoms. The van der Waals surface area contributed by atoms with Crippen molar-refractivity contribution in [3.05, 3.63) is 142 Å². The fourth-order valence-electron chi connectivity index (χ4n) is 11.5. The first kappa shape index (κ1) is 45.9. The minimum absolute atomic E-state index is 0.0497. The maximum atomic E-state index is 15.2. The van der Waals surface area contributed by atoms with Crippen LogP contribution in [0.25, 0.3) is 0 Å². The van der Waals surface area contributed by atoms with Crippen molar-refractivity contribution in [1.29, 1.82) is 0 Å². The number of carbonyl (C=O) groups is 4. The van der Waals surface area contributed by atoms with Crippen molar-refractivity contribution in [1.82, 2.24) is 29.4 Å². The second-order valence-electron chi connectivity index (χ2n) is 19.5. The Balaban J connectivity index is 0.775. The minimum Gasteiger partial charge on any atom is -0.340 e. The normalized spacial score (nSPS) is 21.6. The largest absolute Gasteiger partial charge is 0.454 e. The van der Waals surface area contributed by atoms with Crippen LogP contribution in [-0.2, 0) is 19.5 Å². The molecule has 2 fully saturated rings. The van der Waals surface area contributed by atoms with E-state index in [1.165, 1.54) is 15.6 Å². The number of guanidine groups is 2. The molecule has 2 N–H and O–H groups in total. The SMILES string of the molecule is CN1C(=O)c2c(Nc3ccccc3)nn(Cc3ccc(C(=O)C(F)(F)F)c(F)c3)c2N2C1=N[C@@H]1C(CC(=O)c3ccc(CCn4nc5c(c4Nc4ccccc4)C(=O)N(C)C4=N[C@@H]6CCC[C@@H]6N45)cc3)CC[C@@H]12. The number of hydrogen-bond acceptors (Lipinski definition) is 12. The molecule has 73 heavy (non-hydrogen) atoms. The number of aliphatic imine (C=N–C) groups is 2. The molecule has 5 atom stereocenters. The maximum Gasteiger partial charge on any atom is 0.454 e. The van der Waals surface area contributed by atoms with Crippen molar-refractivity contribution < 1.29 is 36.7 Å². The van der Waals surface area contributed by atoms with Crippen molar-refractivity contribution in [2.45, 2.75) is 88.4 Å². The number of hydrogen-bond donors (Lipinski definition) is 2. The van der Waals surface area contributed by atoms with Gasteiger partial charge in [0.2, 0.25) is 11.9 Å². The number of Topliss-reactive ketones (excluding diaryl/α,β-unsaturated/α-hetero) is 2. The summed E-state index contributed by atoms with van der Waals surface area (Å²) in [4.78, 5) is 71.6. The fourth-order valence-corrected chi connectivity index (χ4v) is 11.5. The second kappa shape index (κ2) is 17.6.